The zero-order chi connectivity index (χ0) is 25.5. The SMILES string of the molecule is Cc1nc([C@H](C)NC(=O)c2cc(OC(F)(F)F)cc(S(=O)(=O)C3CC3)c2)n(-c2ncc(C#N)s2)n1. The van der Waals surface area contributed by atoms with Crippen molar-refractivity contribution in [1.29, 1.82) is 5.26 Å². The molecule has 1 atom stereocenters. The van der Waals surface area contributed by atoms with Gasteiger partial charge in [-0.15, -0.1) is 18.3 Å². The molecule has 0 radical (unpaired) electrons. The zero-order valence-electron chi connectivity index (χ0n) is 18.2. The van der Waals surface area contributed by atoms with E-state index in [4.69, 9.17) is 5.26 Å². The molecule has 2 aromatic heterocycles. The summed E-state index contributed by atoms with van der Waals surface area (Å²) in [6.07, 6.45) is -2.93. The maximum Gasteiger partial charge on any atom is 0.573 e. The summed E-state index contributed by atoms with van der Waals surface area (Å²) in [6.45, 7) is 3.18. The highest BCUT2D eigenvalue weighted by molar-refractivity contribution is 7.92. The van der Waals surface area contributed by atoms with Gasteiger partial charge in [0.15, 0.2) is 15.7 Å². The van der Waals surface area contributed by atoms with Gasteiger partial charge in [-0.25, -0.2) is 18.4 Å². The molecule has 1 aromatic carbocycles. The Morgan fingerprint density at radius 2 is 2.06 bits per heavy atom. The summed E-state index contributed by atoms with van der Waals surface area (Å²) in [7, 11) is -3.91. The summed E-state index contributed by atoms with van der Waals surface area (Å²) in [5.41, 5.74) is -0.332. The van der Waals surface area contributed by atoms with Crippen LogP contribution in [0.4, 0.5) is 13.2 Å². The second kappa shape index (κ2) is 8.93. The number of ether oxygens (including phenoxy) is 1. The Kier molecular flexibility index (Phi) is 6.28. The third-order valence-corrected chi connectivity index (χ3v) is 8.04. The average molecular weight is 527 g/mol. The number of nitrogens with zero attached hydrogens (tertiary/aromatic N) is 5. The van der Waals surface area contributed by atoms with Gasteiger partial charge >= 0.3 is 6.36 Å². The number of hydrogen-bond acceptors (Lipinski definition) is 9. The fourth-order valence-corrected chi connectivity index (χ4v) is 5.63. The Bertz CT molecular complexity index is 1440. The lowest BCUT2D eigenvalue weighted by atomic mass is 10.2. The molecule has 0 bridgehead atoms. The molecule has 2 heterocycles. The molecule has 1 fully saturated rings. The molecule has 35 heavy (non-hydrogen) atoms. The van der Waals surface area contributed by atoms with Gasteiger partial charge in [0.1, 0.15) is 22.5 Å². The largest absolute Gasteiger partial charge is 0.573 e. The zero-order valence-corrected chi connectivity index (χ0v) is 19.8. The van der Waals surface area contributed by atoms with Gasteiger partial charge in [-0.1, -0.05) is 11.3 Å². The molecular weight excluding hydrogens is 509 g/mol. The summed E-state index contributed by atoms with van der Waals surface area (Å²) in [6, 6.07) is 3.75. The molecule has 10 nitrogen and oxygen atoms in total. The van der Waals surface area contributed by atoms with Crippen molar-refractivity contribution in [3.8, 4) is 17.0 Å². The minimum absolute atomic E-state index is 0.253. The van der Waals surface area contributed by atoms with Crippen molar-refractivity contribution in [2.45, 2.75) is 49.2 Å². The van der Waals surface area contributed by atoms with E-state index < -0.39 is 44.0 Å². The summed E-state index contributed by atoms with van der Waals surface area (Å²) >= 11 is 1.05. The van der Waals surface area contributed by atoms with E-state index in [9.17, 15) is 26.4 Å². The molecule has 1 amide bonds. The van der Waals surface area contributed by atoms with E-state index in [1.165, 1.54) is 10.9 Å². The van der Waals surface area contributed by atoms with E-state index in [0.717, 1.165) is 29.5 Å². The van der Waals surface area contributed by atoms with Crippen LogP contribution in [0.15, 0.2) is 29.3 Å². The van der Waals surface area contributed by atoms with Crippen LogP contribution in [0.1, 0.15) is 52.7 Å². The number of sulfone groups is 1. The summed E-state index contributed by atoms with van der Waals surface area (Å²) in [5.74, 6) is -1.05. The van der Waals surface area contributed by atoms with E-state index >= 15 is 0 Å². The molecule has 0 spiro atoms. The van der Waals surface area contributed by atoms with Crippen molar-refractivity contribution in [3.05, 3.63) is 46.5 Å². The van der Waals surface area contributed by atoms with Gasteiger partial charge in [0.05, 0.1) is 22.4 Å². The Morgan fingerprint density at radius 3 is 2.66 bits per heavy atom. The molecule has 0 saturated heterocycles. The number of aryl methyl sites for hydroxylation is 1. The number of amides is 1. The van der Waals surface area contributed by atoms with E-state index in [2.05, 4.69) is 25.1 Å². The van der Waals surface area contributed by atoms with Crippen LogP contribution < -0.4 is 10.1 Å². The van der Waals surface area contributed by atoms with Crippen molar-refractivity contribution in [2.75, 3.05) is 0 Å². The van der Waals surface area contributed by atoms with Gasteiger partial charge in [-0.2, -0.15) is 9.94 Å². The Morgan fingerprint density at radius 1 is 1.34 bits per heavy atom. The summed E-state index contributed by atoms with van der Waals surface area (Å²) in [4.78, 5) is 21.3. The van der Waals surface area contributed by atoms with Gasteiger partial charge in [0.2, 0.25) is 5.13 Å². The second-order valence-electron chi connectivity index (χ2n) is 7.73. The van der Waals surface area contributed by atoms with Crippen molar-refractivity contribution in [3.63, 3.8) is 0 Å². The number of carbonyl (C=O) groups is 1. The third-order valence-electron chi connectivity index (χ3n) is 4.93. The quantitative estimate of drug-likeness (QED) is 0.495. The molecule has 1 aliphatic rings. The molecular formula is C20H17F3N6O4S2. The maximum absolute atomic E-state index is 13.0. The first-order chi connectivity index (χ1) is 16.4. The lowest BCUT2D eigenvalue weighted by Crippen LogP contribution is -2.29. The standard InChI is InChI=1S/C20H17F3N6O4S2/c1-10(17-27-11(2)28-29(17)19-25-9-14(8-24)34-19)26-18(30)12-5-13(33-20(21,22)23)7-16(6-12)35(31,32)15-3-4-15/h5-7,9-10,15H,3-4H2,1-2H3,(H,26,30)/t10-/m0/s1. The van der Waals surface area contributed by atoms with Crippen LogP contribution in [-0.2, 0) is 9.84 Å². The minimum Gasteiger partial charge on any atom is -0.406 e. The predicted octanol–water partition coefficient (Wildman–Crippen LogP) is 3.23. The highest BCUT2D eigenvalue weighted by Crippen LogP contribution is 2.36. The van der Waals surface area contributed by atoms with Crippen LogP contribution in [-0.4, -0.2) is 45.7 Å². The number of aromatic nitrogens is 4. The molecule has 1 N–H and O–H groups in total. The summed E-state index contributed by atoms with van der Waals surface area (Å²) in [5, 5.41) is 15.5. The lowest BCUT2D eigenvalue weighted by molar-refractivity contribution is -0.274. The van der Waals surface area contributed by atoms with Crippen LogP contribution in [0.5, 0.6) is 5.75 Å². The Balaban J connectivity index is 1.65. The number of carbonyl (C=O) groups excluding carboxylic acids is 1. The van der Waals surface area contributed by atoms with E-state index in [1.807, 2.05) is 6.07 Å². The fraction of sp³-hybridized carbons (Fsp3) is 0.350. The van der Waals surface area contributed by atoms with Crippen LogP contribution >= 0.6 is 11.3 Å². The van der Waals surface area contributed by atoms with E-state index in [1.54, 1.807) is 13.8 Å². The number of hydrogen-bond donors (Lipinski definition) is 1. The molecule has 0 aliphatic heterocycles. The Labute approximate surface area is 201 Å². The van der Waals surface area contributed by atoms with Crippen molar-refractivity contribution in [1.82, 2.24) is 25.1 Å². The van der Waals surface area contributed by atoms with Crippen molar-refractivity contribution in [2.24, 2.45) is 0 Å². The fourth-order valence-electron chi connectivity index (χ4n) is 3.24. The first kappa shape index (κ1) is 24.6. The first-order valence-electron chi connectivity index (χ1n) is 10.1. The lowest BCUT2D eigenvalue weighted by Gasteiger charge is -2.16. The number of thiazole rings is 1. The maximum atomic E-state index is 13.0. The molecule has 3 aromatic rings. The monoisotopic (exact) mass is 526 g/mol. The molecule has 15 heteroatoms. The van der Waals surface area contributed by atoms with Gasteiger partial charge in [-0.05, 0) is 44.9 Å². The number of nitriles is 1. The minimum atomic E-state index is -5.08. The summed E-state index contributed by atoms with van der Waals surface area (Å²) < 4.78 is 69.0. The van der Waals surface area contributed by atoms with Gasteiger partial charge in [0, 0.05) is 5.56 Å². The Hall–Kier alpha value is -3.51. The first-order valence-corrected chi connectivity index (χ1v) is 12.5. The number of halogens is 3. The van der Waals surface area contributed by atoms with Crippen LogP contribution in [0.2, 0.25) is 0 Å². The van der Waals surface area contributed by atoms with E-state index in [0.29, 0.717) is 28.7 Å². The normalized spacial score (nSPS) is 14.9. The highest BCUT2D eigenvalue weighted by atomic mass is 32.2. The van der Waals surface area contributed by atoms with Crippen LogP contribution in [0.3, 0.4) is 0 Å². The van der Waals surface area contributed by atoms with Gasteiger partial charge in [0.25, 0.3) is 5.91 Å². The van der Waals surface area contributed by atoms with Crippen molar-refractivity contribution >= 4 is 27.1 Å². The average Bonchev–Trinajstić information content (AvgIpc) is 3.41. The molecule has 184 valence electrons. The number of benzene rings is 1. The van der Waals surface area contributed by atoms with Gasteiger partial charge < -0.3 is 10.1 Å². The van der Waals surface area contributed by atoms with Crippen LogP contribution in [0, 0.1) is 18.3 Å². The molecule has 1 aliphatic carbocycles. The van der Waals surface area contributed by atoms with E-state index in [-0.39, 0.29) is 11.4 Å². The van der Waals surface area contributed by atoms with Crippen LogP contribution in [0.25, 0.3) is 5.13 Å². The number of nitrogens with one attached hydrogen (secondary N) is 1. The molecule has 4 rings (SSSR count). The predicted molar refractivity (Wildman–Crippen MR) is 116 cm³/mol. The topological polar surface area (TPSA) is 140 Å². The molecule has 0 unspecified atom stereocenters. The second-order valence-corrected chi connectivity index (χ2v) is 11.0. The number of alkyl halides is 3. The van der Waals surface area contributed by atoms with Crippen molar-refractivity contribution < 1.29 is 31.1 Å². The smallest absolute Gasteiger partial charge is 0.406 e. The third kappa shape index (κ3) is 5.43. The van der Waals surface area contributed by atoms with Gasteiger partial charge in [-0.3, -0.25) is 4.79 Å². The molecule has 1 saturated carbocycles. The number of rotatable bonds is 7. The highest BCUT2D eigenvalue weighted by Gasteiger charge is 2.38.